The van der Waals surface area contributed by atoms with Crippen molar-refractivity contribution < 1.29 is 14.3 Å². The molecule has 1 heterocycles. The van der Waals surface area contributed by atoms with Crippen molar-refractivity contribution in [1.82, 2.24) is 4.98 Å². The van der Waals surface area contributed by atoms with Gasteiger partial charge >= 0.3 is 5.97 Å². The molecular weight excluding hydrogens is 378 g/mol. The molecule has 0 radical (unpaired) electrons. The van der Waals surface area contributed by atoms with Crippen LogP contribution in [0.3, 0.4) is 0 Å². The van der Waals surface area contributed by atoms with Crippen molar-refractivity contribution in [2.75, 3.05) is 14.2 Å². The van der Waals surface area contributed by atoms with E-state index < -0.39 is 5.97 Å². The molecule has 1 aromatic carbocycles. The fourth-order valence-corrected chi connectivity index (χ4v) is 2.77. The van der Waals surface area contributed by atoms with Gasteiger partial charge in [0.05, 0.1) is 19.7 Å². The van der Waals surface area contributed by atoms with Gasteiger partial charge in [0.25, 0.3) is 0 Å². The second kappa shape index (κ2) is 5.88. The van der Waals surface area contributed by atoms with Gasteiger partial charge in [0.1, 0.15) is 5.56 Å². The Bertz CT molecular complexity index is 643. The van der Waals surface area contributed by atoms with Crippen molar-refractivity contribution in [3.05, 3.63) is 33.8 Å². The number of hydrogen-bond donors (Lipinski definition) is 0. The summed E-state index contributed by atoms with van der Waals surface area (Å²) in [7, 11) is 2.81. The number of halogens is 2. The highest BCUT2D eigenvalue weighted by atomic mass is 79.9. The number of nitrogens with zero attached hydrogens (tertiary/aromatic N) is 1. The molecule has 1 aromatic heterocycles. The first-order valence-electron chi connectivity index (χ1n) is 5.42. The molecule has 2 aromatic rings. The van der Waals surface area contributed by atoms with Gasteiger partial charge in [-0.3, -0.25) is 0 Å². The molecule has 2 rings (SSSR count). The van der Waals surface area contributed by atoms with Gasteiger partial charge in [-0.05, 0) is 23.8 Å². The number of benzene rings is 1. The Kier molecular flexibility index (Phi) is 4.42. The molecule has 0 spiro atoms. The lowest BCUT2D eigenvalue weighted by Gasteiger charge is -2.10. The fraction of sp³-hybridized carbons (Fsp3) is 0.231. The summed E-state index contributed by atoms with van der Waals surface area (Å²) in [5.74, 6) is -0.199. The van der Waals surface area contributed by atoms with Gasteiger partial charge in [-0.1, -0.05) is 31.9 Å². The van der Waals surface area contributed by atoms with Crippen LogP contribution in [-0.2, 0) is 10.1 Å². The molecule has 0 unspecified atom stereocenters. The van der Waals surface area contributed by atoms with E-state index in [1.807, 2.05) is 12.1 Å². The van der Waals surface area contributed by atoms with Crippen molar-refractivity contribution in [2.45, 2.75) is 5.33 Å². The largest absolute Gasteiger partial charge is 0.480 e. The van der Waals surface area contributed by atoms with Gasteiger partial charge in [0.2, 0.25) is 5.88 Å². The van der Waals surface area contributed by atoms with E-state index in [-0.39, 0.29) is 5.88 Å². The summed E-state index contributed by atoms with van der Waals surface area (Å²) in [6, 6.07) is 5.60. The highest BCUT2D eigenvalue weighted by Gasteiger charge is 2.17. The van der Waals surface area contributed by atoms with Gasteiger partial charge in [-0.2, -0.15) is 0 Å². The summed E-state index contributed by atoms with van der Waals surface area (Å²) in [6.07, 6.45) is 0. The average Bonchev–Trinajstić information content (AvgIpc) is 2.43. The molecule has 6 heteroatoms. The Balaban J connectivity index is 2.77. The molecule has 0 saturated carbocycles. The minimum Gasteiger partial charge on any atom is -0.480 e. The van der Waals surface area contributed by atoms with Crippen LogP contribution in [0.5, 0.6) is 5.88 Å². The number of hydrogen-bond acceptors (Lipinski definition) is 4. The van der Waals surface area contributed by atoms with Crippen LogP contribution in [0.4, 0.5) is 0 Å². The third kappa shape index (κ3) is 2.74. The van der Waals surface area contributed by atoms with Gasteiger partial charge in [-0.15, -0.1) is 0 Å². The van der Waals surface area contributed by atoms with Gasteiger partial charge in [0, 0.05) is 15.2 Å². The van der Waals surface area contributed by atoms with E-state index in [1.165, 1.54) is 14.2 Å². The molecule has 0 aliphatic heterocycles. The Morgan fingerprint density at radius 1 is 1.32 bits per heavy atom. The number of methoxy groups -OCH3 is 2. The zero-order valence-electron chi connectivity index (χ0n) is 10.4. The summed E-state index contributed by atoms with van der Waals surface area (Å²) >= 11 is 6.87. The van der Waals surface area contributed by atoms with E-state index in [0.717, 1.165) is 20.9 Å². The third-order valence-electron chi connectivity index (χ3n) is 2.67. The minimum absolute atomic E-state index is 0.267. The Labute approximate surface area is 127 Å². The van der Waals surface area contributed by atoms with Crippen molar-refractivity contribution in [2.24, 2.45) is 0 Å². The van der Waals surface area contributed by atoms with Crippen LogP contribution in [0.1, 0.15) is 15.9 Å². The van der Waals surface area contributed by atoms with Crippen LogP contribution >= 0.6 is 31.9 Å². The van der Waals surface area contributed by atoms with Crippen molar-refractivity contribution >= 4 is 48.7 Å². The number of carbonyl (C=O) groups is 1. The first-order valence-corrected chi connectivity index (χ1v) is 7.33. The smallest absolute Gasteiger partial charge is 0.343 e. The summed E-state index contributed by atoms with van der Waals surface area (Å²) < 4.78 is 10.8. The topological polar surface area (TPSA) is 48.4 Å². The fourth-order valence-electron chi connectivity index (χ4n) is 1.82. The van der Waals surface area contributed by atoms with Crippen molar-refractivity contribution in [3.8, 4) is 5.88 Å². The van der Waals surface area contributed by atoms with E-state index in [4.69, 9.17) is 9.47 Å². The average molecular weight is 389 g/mol. The van der Waals surface area contributed by atoms with Crippen molar-refractivity contribution in [1.29, 1.82) is 0 Å². The first-order chi connectivity index (χ1) is 9.10. The number of aromatic nitrogens is 1. The summed E-state index contributed by atoms with van der Waals surface area (Å²) in [4.78, 5) is 16.1. The normalized spacial score (nSPS) is 10.5. The van der Waals surface area contributed by atoms with Gasteiger partial charge in [0.15, 0.2) is 0 Å². The monoisotopic (exact) mass is 387 g/mol. The molecule has 19 heavy (non-hydrogen) atoms. The van der Waals surface area contributed by atoms with Crippen LogP contribution in [0, 0.1) is 0 Å². The molecule has 0 saturated heterocycles. The standard InChI is InChI=1S/C13H11Br2NO3/c1-18-12-10(13(17)19-2)5-7-3-9(15)4-8(6-14)11(7)16-12/h3-5H,6H2,1-2H3. The lowest BCUT2D eigenvalue weighted by atomic mass is 10.1. The molecular formula is C13H11Br2NO3. The Hall–Kier alpha value is -1.14. The zero-order valence-corrected chi connectivity index (χ0v) is 13.5. The molecule has 0 aliphatic rings. The molecule has 0 bridgehead atoms. The molecule has 0 amide bonds. The number of esters is 1. The third-order valence-corrected chi connectivity index (χ3v) is 3.73. The molecule has 0 N–H and O–H groups in total. The van der Waals surface area contributed by atoms with Gasteiger partial charge in [-0.25, -0.2) is 9.78 Å². The minimum atomic E-state index is -0.466. The molecule has 0 fully saturated rings. The number of rotatable bonds is 3. The second-order valence-electron chi connectivity index (χ2n) is 3.81. The quantitative estimate of drug-likeness (QED) is 0.594. The van der Waals surface area contributed by atoms with Crippen molar-refractivity contribution in [3.63, 3.8) is 0 Å². The number of ether oxygens (including phenoxy) is 2. The van der Waals surface area contributed by atoms with E-state index in [2.05, 4.69) is 36.8 Å². The van der Waals surface area contributed by atoms with Crippen LogP contribution in [0.2, 0.25) is 0 Å². The summed E-state index contributed by atoms with van der Waals surface area (Å²) in [5, 5.41) is 1.52. The SMILES string of the molecule is COC(=O)c1cc2cc(Br)cc(CBr)c2nc1OC. The predicted molar refractivity (Wildman–Crippen MR) is 80.0 cm³/mol. The van der Waals surface area contributed by atoms with E-state index >= 15 is 0 Å². The zero-order chi connectivity index (χ0) is 14.0. The maximum atomic E-state index is 11.7. The molecule has 0 atom stereocenters. The Morgan fingerprint density at radius 2 is 2.05 bits per heavy atom. The lowest BCUT2D eigenvalue weighted by Crippen LogP contribution is -2.06. The lowest BCUT2D eigenvalue weighted by molar-refractivity contribution is 0.0596. The van der Waals surface area contributed by atoms with Gasteiger partial charge < -0.3 is 9.47 Å². The van der Waals surface area contributed by atoms with E-state index in [0.29, 0.717) is 10.9 Å². The maximum Gasteiger partial charge on any atom is 0.343 e. The maximum absolute atomic E-state index is 11.7. The summed E-state index contributed by atoms with van der Waals surface area (Å²) in [6.45, 7) is 0. The molecule has 100 valence electrons. The first kappa shape index (κ1) is 14.3. The number of pyridine rings is 1. The van der Waals surface area contributed by atoms with Crippen LogP contribution in [0.25, 0.3) is 10.9 Å². The summed E-state index contributed by atoms with van der Waals surface area (Å²) in [5.41, 5.74) is 2.12. The van der Waals surface area contributed by atoms with E-state index in [1.54, 1.807) is 6.07 Å². The molecule has 0 aliphatic carbocycles. The van der Waals surface area contributed by atoms with Crippen LogP contribution in [0.15, 0.2) is 22.7 Å². The number of carbonyl (C=O) groups excluding carboxylic acids is 1. The Morgan fingerprint density at radius 3 is 2.63 bits per heavy atom. The molecule has 4 nitrogen and oxygen atoms in total. The van der Waals surface area contributed by atoms with Crippen LogP contribution < -0.4 is 4.74 Å². The number of alkyl halides is 1. The van der Waals surface area contributed by atoms with Crippen LogP contribution in [-0.4, -0.2) is 25.2 Å². The number of fused-ring (bicyclic) bond motifs is 1. The second-order valence-corrected chi connectivity index (χ2v) is 5.28. The highest BCUT2D eigenvalue weighted by Crippen LogP contribution is 2.29. The van der Waals surface area contributed by atoms with E-state index in [9.17, 15) is 4.79 Å². The predicted octanol–water partition coefficient (Wildman–Crippen LogP) is 3.69. The highest BCUT2D eigenvalue weighted by molar-refractivity contribution is 9.10.